The molecule has 3 rings (SSSR count). The van der Waals surface area contributed by atoms with E-state index in [1.54, 1.807) is 11.8 Å². The fraction of sp³-hybridized carbons (Fsp3) is 0.600. The van der Waals surface area contributed by atoms with Crippen molar-refractivity contribution in [1.29, 1.82) is 0 Å². The Morgan fingerprint density at radius 3 is 2.32 bits per heavy atom. The first-order chi connectivity index (χ1) is 13.6. The Morgan fingerprint density at radius 2 is 1.71 bits per heavy atom. The second-order valence-electron chi connectivity index (χ2n) is 7.03. The van der Waals surface area contributed by atoms with Crippen molar-refractivity contribution in [2.45, 2.75) is 19.9 Å². The van der Waals surface area contributed by atoms with Crippen molar-refractivity contribution in [3.63, 3.8) is 0 Å². The van der Waals surface area contributed by atoms with Gasteiger partial charge in [-0.05, 0) is 38.1 Å². The summed E-state index contributed by atoms with van der Waals surface area (Å²) in [5.41, 5.74) is 1.93. The van der Waals surface area contributed by atoms with Crippen molar-refractivity contribution in [2.75, 3.05) is 69.3 Å². The molecule has 0 aromatic heterocycles. The number of amides is 2. The SMILES string of the molecule is CCOC(=O)N1CCN(C(C)C(=O)Nc2ccc(N3CCOCC3)cc2)CC1. The monoisotopic (exact) mass is 390 g/mol. The molecule has 2 saturated heterocycles. The van der Waals surface area contributed by atoms with E-state index in [4.69, 9.17) is 9.47 Å². The lowest BCUT2D eigenvalue weighted by Crippen LogP contribution is -2.54. The van der Waals surface area contributed by atoms with Crippen LogP contribution in [0.2, 0.25) is 0 Å². The molecule has 1 atom stereocenters. The summed E-state index contributed by atoms with van der Waals surface area (Å²) < 4.78 is 10.4. The van der Waals surface area contributed by atoms with Gasteiger partial charge in [-0.25, -0.2) is 4.79 Å². The highest BCUT2D eigenvalue weighted by Crippen LogP contribution is 2.19. The van der Waals surface area contributed by atoms with E-state index in [-0.39, 0.29) is 18.0 Å². The van der Waals surface area contributed by atoms with E-state index < -0.39 is 0 Å². The highest BCUT2D eigenvalue weighted by molar-refractivity contribution is 5.94. The smallest absolute Gasteiger partial charge is 0.409 e. The summed E-state index contributed by atoms with van der Waals surface area (Å²) in [6.45, 7) is 9.82. The van der Waals surface area contributed by atoms with Crippen molar-refractivity contribution in [3.05, 3.63) is 24.3 Å². The maximum absolute atomic E-state index is 12.6. The third-order valence-electron chi connectivity index (χ3n) is 5.28. The summed E-state index contributed by atoms with van der Waals surface area (Å²) in [4.78, 5) is 30.5. The number of nitrogens with one attached hydrogen (secondary N) is 1. The van der Waals surface area contributed by atoms with Gasteiger partial charge in [0.15, 0.2) is 0 Å². The number of morpholine rings is 1. The average Bonchev–Trinajstić information content (AvgIpc) is 2.74. The molecule has 8 heteroatoms. The topological polar surface area (TPSA) is 74.4 Å². The zero-order valence-electron chi connectivity index (χ0n) is 16.7. The standard InChI is InChI=1S/C20H30N4O4/c1-3-28-20(26)24-10-8-22(9-11-24)16(2)19(25)21-17-4-6-18(7-5-17)23-12-14-27-15-13-23/h4-7,16H,3,8-15H2,1-2H3,(H,21,25). The highest BCUT2D eigenvalue weighted by atomic mass is 16.6. The van der Waals surface area contributed by atoms with E-state index >= 15 is 0 Å². The number of anilines is 2. The highest BCUT2D eigenvalue weighted by Gasteiger charge is 2.28. The van der Waals surface area contributed by atoms with Gasteiger partial charge in [0.1, 0.15) is 0 Å². The molecule has 2 fully saturated rings. The van der Waals surface area contributed by atoms with Gasteiger partial charge in [0.25, 0.3) is 0 Å². The maximum Gasteiger partial charge on any atom is 0.409 e. The first-order valence-electron chi connectivity index (χ1n) is 9.98. The number of carbonyl (C=O) groups excluding carboxylic acids is 2. The summed E-state index contributed by atoms with van der Waals surface area (Å²) in [6.07, 6.45) is -0.278. The number of hydrogen-bond acceptors (Lipinski definition) is 6. The number of benzene rings is 1. The molecule has 0 saturated carbocycles. The summed E-state index contributed by atoms with van der Waals surface area (Å²) in [5.74, 6) is -0.0382. The normalized spacial score (nSPS) is 19.2. The third-order valence-corrected chi connectivity index (χ3v) is 5.28. The molecule has 2 amide bonds. The van der Waals surface area contributed by atoms with Crippen LogP contribution in [0.3, 0.4) is 0 Å². The molecule has 2 aliphatic heterocycles. The van der Waals surface area contributed by atoms with Gasteiger partial charge in [0, 0.05) is 50.6 Å². The minimum Gasteiger partial charge on any atom is -0.450 e. The molecular weight excluding hydrogens is 360 g/mol. The second-order valence-corrected chi connectivity index (χ2v) is 7.03. The van der Waals surface area contributed by atoms with Crippen molar-refractivity contribution in [2.24, 2.45) is 0 Å². The number of hydrogen-bond donors (Lipinski definition) is 1. The Labute approximate surface area is 166 Å². The minimum absolute atomic E-state index is 0.0382. The number of rotatable bonds is 5. The zero-order chi connectivity index (χ0) is 19.9. The van der Waals surface area contributed by atoms with E-state index in [1.165, 1.54) is 0 Å². The maximum atomic E-state index is 12.6. The zero-order valence-corrected chi connectivity index (χ0v) is 16.7. The van der Waals surface area contributed by atoms with E-state index in [0.717, 1.165) is 37.7 Å². The van der Waals surface area contributed by atoms with Gasteiger partial charge in [0.2, 0.25) is 5.91 Å². The van der Waals surface area contributed by atoms with Crippen molar-refractivity contribution in [1.82, 2.24) is 9.80 Å². The third kappa shape index (κ3) is 5.14. The minimum atomic E-state index is -0.278. The van der Waals surface area contributed by atoms with E-state index in [1.807, 2.05) is 31.2 Å². The molecule has 0 spiro atoms. The quantitative estimate of drug-likeness (QED) is 0.824. The van der Waals surface area contributed by atoms with Gasteiger partial charge in [0.05, 0.1) is 25.9 Å². The molecule has 0 aliphatic carbocycles. The van der Waals surface area contributed by atoms with Crippen LogP contribution in [-0.4, -0.2) is 86.9 Å². The lowest BCUT2D eigenvalue weighted by Gasteiger charge is -2.36. The largest absolute Gasteiger partial charge is 0.450 e. The molecular formula is C20H30N4O4. The van der Waals surface area contributed by atoms with Gasteiger partial charge in [-0.15, -0.1) is 0 Å². The van der Waals surface area contributed by atoms with Crippen molar-refractivity contribution in [3.8, 4) is 0 Å². The van der Waals surface area contributed by atoms with Crippen LogP contribution in [0.5, 0.6) is 0 Å². The number of nitrogens with zero attached hydrogens (tertiary/aromatic N) is 3. The van der Waals surface area contributed by atoms with Gasteiger partial charge in [-0.3, -0.25) is 9.69 Å². The molecule has 2 heterocycles. The van der Waals surface area contributed by atoms with Crippen LogP contribution in [0.1, 0.15) is 13.8 Å². The summed E-state index contributed by atoms with van der Waals surface area (Å²) in [5, 5.41) is 2.99. The Morgan fingerprint density at radius 1 is 1.07 bits per heavy atom. The Balaban J connectivity index is 1.48. The fourth-order valence-electron chi connectivity index (χ4n) is 3.50. The molecule has 2 aliphatic rings. The molecule has 1 unspecified atom stereocenters. The van der Waals surface area contributed by atoms with Crippen molar-refractivity contribution < 1.29 is 19.1 Å². The van der Waals surface area contributed by atoms with Gasteiger partial charge < -0.3 is 24.6 Å². The lowest BCUT2D eigenvalue weighted by molar-refractivity contribution is -0.121. The molecule has 1 aromatic rings. The molecule has 1 aromatic carbocycles. The van der Waals surface area contributed by atoms with Crippen LogP contribution in [-0.2, 0) is 14.3 Å². The second kappa shape index (κ2) is 9.75. The summed E-state index contributed by atoms with van der Waals surface area (Å²) in [7, 11) is 0. The fourth-order valence-corrected chi connectivity index (χ4v) is 3.50. The number of ether oxygens (including phenoxy) is 2. The lowest BCUT2D eigenvalue weighted by atomic mass is 10.2. The van der Waals surface area contributed by atoms with Gasteiger partial charge >= 0.3 is 6.09 Å². The summed E-state index contributed by atoms with van der Waals surface area (Å²) in [6, 6.07) is 7.68. The Kier molecular flexibility index (Phi) is 7.11. The van der Waals surface area contributed by atoms with Crippen LogP contribution in [0, 0.1) is 0 Å². The molecule has 0 bridgehead atoms. The molecule has 8 nitrogen and oxygen atoms in total. The van der Waals surface area contributed by atoms with Gasteiger partial charge in [-0.2, -0.15) is 0 Å². The van der Waals surface area contributed by atoms with Crippen LogP contribution >= 0.6 is 0 Å². The van der Waals surface area contributed by atoms with E-state index in [2.05, 4.69) is 15.1 Å². The van der Waals surface area contributed by atoms with Crippen LogP contribution in [0.4, 0.5) is 16.2 Å². The first-order valence-corrected chi connectivity index (χ1v) is 9.98. The number of carbonyl (C=O) groups is 2. The predicted molar refractivity (Wildman–Crippen MR) is 108 cm³/mol. The molecule has 28 heavy (non-hydrogen) atoms. The molecule has 1 N–H and O–H groups in total. The van der Waals surface area contributed by atoms with Crippen molar-refractivity contribution >= 4 is 23.4 Å². The Hall–Kier alpha value is -2.32. The predicted octanol–water partition coefficient (Wildman–Crippen LogP) is 1.62. The Bertz CT molecular complexity index is 653. The van der Waals surface area contributed by atoms with Crippen LogP contribution < -0.4 is 10.2 Å². The van der Waals surface area contributed by atoms with E-state index in [0.29, 0.717) is 32.8 Å². The first kappa shape index (κ1) is 20.4. The van der Waals surface area contributed by atoms with Crippen LogP contribution in [0.25, 0.3) is 0 Å². The van der Waals surface area contributed by atoms with Gasteiger partial charge in [-0.1, -0.05) is 0 Å². The number of piperazine rings is 1. The average molecular weight is 390 g/mol. The molecule has 154 valence electrons. The van der Waals surface area contributed by atoms with E-state index in [9.17, 15) is 9.59 Å². The molecule has 0 radical (unpaired) electrons. The van der Waals surface area contributed by atoms with Crippen LogP contribution in [0.15, 0.2) is 24.3 Å². The summed E-state index contributed by atoms with van der Waals surface area (Å²) >= 11 is 0.